The van der Waals surface area contributed by atoms with Crippen LogP contribution in [0.15, 0.2) is 132 Å². The average molecular weight is 513 g/mol. The highest BCUT2D eigenvalue weighted by Gasteiger charge is 2.21. The van der Waals surface area contributed by atoms with Gasteiger partial charge in [0, 0.05) is 38.3 Å². The van der Waals surface area contributed by atoms with E-state index in [1.807, 2.05) is 6.07 Å². The van der Waals surface area contributed by atoms with Crippen LogP contribution in [0.4, 0.5) is 0 Å². The van der Waals surface area contributed by atoms with Crippen molar-refractivity contribution < 1.29 is 4.42 Å². The van der Waals surface area contributed by atoms with Crippen LogP contribution in [-0.2, 0) is 0 Å². The van der Waals surface area contributed by atoms with E-state index in [1.54, 1.807) is 0 Å². The minimum absolute atomic E-state index is 0.919. The van der Waals surface area contributed by atoms with Crippen molar-refractivity contribution in [1.29, 1.82) is 0 Å². The molecule has 3 nitrogen and oxygen atoms in total. The topological polar surface area (TPSA) is 23.0 Å². The fraction of sp³-hybridized carbons (Fsp3) is 0.0270. The van der Waals surface area contributed by atoms with E-state index in [4.69, 9.17) is 4.42 Å². The molecule has 0 spiro atoms. The summed E-state index contributed by atoms with van der Waals surface area (Å²) < 4.78 is 11.4. The summed E-state index contributed by atoms with van der Waals surface area (Å²) in [6.07, 6.45) is 0. The van der Waals surface area contributed by atoms with Crippen molar-refractivity contribution in [2.45, 2.75) is 6.92 Å². The second-order valence-corrected chi connectivity index (χ2v) is 10.7. The number of para-hydroxylation sites is 3. The summed E-state index contributed by atoms with van der Waals surface area (Å²) in [6.45, 7) is 2.13. The van der Waals surface area contributed by atoms with Crippen molar-refractivity contribution in [3.05, 3.63) is 133 Å². The molecule has 0 radical (unpaired) electrons. The second-order valence-electron chi connectivity index (χ2n) is 10.7. The highest BCUT2D eigenvalue weighted by molar-refractivity contribution is 6.26. The molecule has 0 aliphatic rings. The van der Waals surface area contributed by atoms with Crippen LogP contribution in [0.3, 0.4) is 0 Å². The van der Waals surface area contributed by atoms with E-state index in [0.717, 1.165) is 44.2 Å². The van der Waals surface area contributed by atoms with Gasteiger partial charge in [0.15, 0.2) is 0 Å². The smallest absolute Gasteiger partial charge is 0.145 e. The van der Waals surface area contributed by atoms with Gasteiger partial charge >= 0.3 is 0 Å². The van der Waals surface area contributed by atoms with Gasteiger partial charge in [0.2, 0.25) is 0 Å². The van der Waals surface area contributed by atoms with Crippen LogP contribution >= 0.6 is 0 Å². The predicted octanol–water partition coefficient (Wildman–Crippen LogP) is 10.1. The standard InChI is InChI=1S/C37H24N2O/c1-23-15-17-25(18-16-23)39-32-20-19-28-27-12-6-8-14-35(27)40-37(28)36(32)30-21-29-26-11-5-7-13-31(26)38(33(29)22-34(30)39)24-9-3-2-4-10-24/h2-22H,1H3. The fourth-order valence-corrected chi connectivity index (χ4v) is 6.57. The number of rotatable bonds is 2. The van der Waals surface area contributed by atoms with Gasteiger partial charge in [-0.15, -0.1) is 0 Å². The third-order valence-corrected chi connectivity index (χ3v) is 8.37. The molecule has 0 aliphatic carbocycles. The largest absolute Gasteiger partial charge is 0.455 e. The van der Waals surface area contributed by atoms with E-state index in [0.29, 0.717) is 0 Å². The van der Waals surface area contributed by atoms with Gasteiger partial charge in [0.05, 0.1) is 27.5 Å². The molecule has 0 N–H and O–H groups in total. The van der Waals surface area contributed by atoms with Gasteiger partial charge in [-0.2, -0.15) is 0 Å². The molecule has 0 atom stereocenters. The zero-order chi connectivity index (χ0) is 26.4. The van der Waals surface area contributed by atoms with Crippen molar-refractivity contribution in [1.82, 2.24) is 9.13 Å². The summed E-state index contributed by atoms with van der Waals surface area (Å²) in [4.78, 5) is 0. The molecule has 3 heteroatoms. The molecule has 0 saturated heterocycles. The molecule has 0 aliphatic heterocycles. The SMILES string of the molecule is Cc1ccc(-n2c3cc4c(cc3c3c5oc6ccccc6c5ccc32)c2ccccc2n4-c2ccccc2)cc1. The van der Waals surface area contributed by atoms with E-state index in [2.05, 4.69) is 137 Å². The van der Waals surface area contributed by atoms with E-state index in [-0.39, 0.29) is 0 Å². The van der Waals surface area contributed by atoms with E-state index in [1.165, 1.54) is 38.3 Å². The number of nitrogens with zero attached hydrogens (tertiary/aromatic N) is 2. The molecule has 6 aromatic carbocycles. The van der Waals surface area contributed by atoms with E-state index >= 15 is 0 Å². The van der Waals surface area contributed by atoms with Crippen LogP contribution in [-0.4, -0.2) is 9.13 Å². The summed E-state index contributed by atoms with van der Waals surface area (Å²) in [5.74, 6) is 0. The molecule has 0 amide bonds. The van der Waals surface area contributed by atoms with Crippen LogP contribution in [0.25, 0.3) is 76.9 Å². The Labute approximate surface area is 230 Å². The lowest BCUT2D eigenvalue weighted by molar-refractivity contribution is 0.673. The maximum atomic E-state index is 6.60. The molecule has 3 heterocycles. The number of fused-ring (bicyclic) bond motifs is 10. The van der Waals surface area contributed by atoms with Crippen molar-refractivity contribution in [3.63, 3.8) is 0 Å². The van der Waals surface area contributed by atoms with Gasteiger partial charge in [0.1, 0.15) is 11.2 Å². The quantitative estimate of drug-likeness (QED) is 0.226. The summed E-state index contributed by atoms with van der Waals surface area (Å²) in [7, 11) is 0. The van der Waals surface area contributed by atoms with Gasteiger partial charge in [-0.1, -0.05) is 72.3 Å². The summed E-state index contributed by atoms with van der Waals surface area (Å²) in [5.41, 5.74) is 10.1. The number of furan rings is 1. The number of hydrogen-bond donors (Lipinski definition) is 0. The molecule has 3 aromatic heterocycles. The van der Waals surface area contributed by atoms with Gasteiger partial charge in [0.25, 0.3) is 0 Å². The first kappa shape index (κ1) is 21.6. The van der Waals surface area contributed by atoms with Gasteiger partial charge in [-0.05, 0) is 67.6 Å². The van der Waals surface area contributed by atoms with Gasteiger partial charge in [-0.25, -0.2) is 0 Å². The normalized spacial score (nSPS) is 12.1. The lowest BCUT2D eigenvalue weighted by Crippen LogP contribution is -1.95. The summed E-state index contributed by atoms with van der Waals surface area (Å²) in [6, 6.07) is 45.7. The molecule has 0 bridgehead atoms. The van der Waals surface area contributed by atoms with Crippen LogP contribution in [0.1, 0.15) is 5.56 Å². The number of hydrogen-bond acceptors (Lipinski definition) is 1. The van der Waals surface area contributed by atoms with Gasteiger partial charge in [-0.3, -0.25) is 0 Å². The fourth-order valence-electron chi connectivity index (χ4n) is 6.57. The average Bonchev–Trinajstić information content (AvgIpc) is 3.64. The lowest BCUT2D eigenvalue weighted by Gasteiger charge is -2.10. The Kier molecular flexibility index (Phi) is 4.26. The van der Waals surface area contributed by atoms with Crippen molar-refractivity contribution in [2.24, 2.45) is 0 Å². The molecular formula is C37H24N2O. The highest BCUT2D eigenvalue weighted by atomic mass is 16.3. The minimum Gasteiger partial charge on any atom is -0.455 e. The Morgan fingerprint density at radius 3 is 1.98 bits per heavy atom. The molecule has 188 valence electrons. The molecule has 40 heavy (non-hydrogen) atoms. The predicted molar refractivity (Wildman–Crippen MR) is 167 cm³/mol. The third kappa shape index (κ3) is 2.84. The number of aryl methyl sites for hydroxylation is 1. The zero-order valence-electron chi connectivity index (χ0n) is 21.9. The zero-order valence-corrected chi connectivity index (χ0v) is 21.9. The summed E-state index contributed by atoms with van der Waals surface area (Å²) in [5, 5.41) is 7.14. The third-order valence-electron chi connectivity index (χ3n) is 8.37. The van der Waals surface area contributed by atoms with Crippen LogP contribution in [0, 0.1) is 6.92 Å². The maximum Gasteiger partial charge on any atom is 0.145 e. The van der Waals surface area contributed by atoms with Crippen LogP contribution < -0.4 is 0 Å². The van der Waals surface area contributed by atoms with Gasteiger partial charge < -0.3 is 13.6 Å². The Balaban J connectivity index is 1.52. The minimum atomic E-state index is 0.919. The van der Waals surface area contributed by atoms with Crippen molar-refractivity contribution >= 4 is 65.6 Å². The molecule has 9 rings (SSSR count). The van der Waals surface area contributed by atoms with Crippen molar-refractivity contribution in [3.8, 4) is 11.4 Å². The lowest BCUT2D eigenvalue weighted by atomic mass is 10.1. The number of aromatic nitrogens is 2. The first-order valence-electron chi connectivity index (χ1n) is 13.7. The molecule has 0 saturated carbocycles. The Hall–Kier alpha value is -5.28. The second kappa shape index (κ2) is 7.87. The Morgan fingerprint density at radius 2 is 1.12 bits per heavy atom. The molecular weight excluding hydrogens is 488 g/mol. The number of benzene rings is 6. The molecule has 0 unspecified atom stereocenters. The molecule has 9 aromatic rings. The Morgan fingerprint density at radius 1 is 0.450 bits per heavy atom. The van der Waals surface area contributed by atoms with Crippen LogP contribution in [0.2, 0.25) is 0 Å². The maximum absolute atomic E-state index is 6.60. The van der Waals surface area contributed by atoms with E-state index in [9.17, 15) is 0 Å². The van der Waals surface area contributed by atoms with Crippen molar-refractivity contribution in [2.75, 3.05) is 0 Å². The van der Waals surface area contributed by atoms with Crippen LogP contribution in [0.5, 0.6) is 0 Å². The first-order valence-corrected chi connectivity index (χ1v) is 13.7. The summed E-state index contributed by atoms with van der Waals surface area (Å²) >= 11 is 0. The Bertz CT molecular complexity index is 2420. The highest BCUT2D eigenvalue weighted by Crippen LogP contribution is 2.43. The molecule has 0 fully saturated rings. The monoisotopic (exact) mass is 512 g/mol. The van der Waals surface area contributed by atoms with E-state index < -0.39 is 0 Å². The first-order chi connectivity index (χ1) is 19.8.